The summed E-state index contributed by atoms with van der Waals surface area (Å²) in [6, 6.07) is 26.7. The average molecular weight is 491 g/mol. The average Bonchev–Trinajstić information content (AvgIpc) is 3.58. The van der Waals surface area contributed by atoms with Crippen LogP contribution in [0.15, 0.2) is 95.7 Å². The Balaban J connectivity index is 1.09. The van der Waals surface area contributed by atoms with Gasteiger partial charge in [-0.3, -0.25) is 4.90 Å². The molecule has 1 aliphatic carbocycles. The molecule has 0 radical (unpaired) electrons. The predicted molar refractivity (Wildman–Crippen MR) is 140 cm³/mol. The zero-order chi connectivity index (χ0) is 24.8. The lowest BCUT2D eigenvalue weighted by atomic mass is 9.89. The molecule has 1 fully saturated rings. The number of hydrogen-bond acceptors (Lipinski definition) is 5. The number of morpholine rings is 1. The summed E-state index contributed by atoms with van der Waals surface area (Å²) in [4.78, 5) is 15.3. The van der Waals surface area contributed by atoms with E-state index in [2.05, 4.69) is 71.9 Å². The molecule has 184 valence electrons. The normalized spacial score (nSPS) is 20.2. The summed E-state index contributed by atoms with van der Waals surface area (Å²) in [7, 11) is 0. The van der Waals surface area contributed by atoms with Gasteiger partial charge in [0.05, 0.1) is 31.5 Å². The van der Waals surface area contributed by atoms with E-state index in [1.807, 2.05) is 23.1 Å². The van der Waals surface area contributed by atoms with Crippen LogP contribution in [0.5, 0.6) is 0 Å². The van der Waals surface area contributed by atoms with Crippen molar-refractivity contribution in [3.8, 4) is 22.5 Å². The van der Waals surface area contributed by atoms with Gasteiger partial charge in [0, 0.05) is 17.5 Å². The van der Waals surface area contributed by atoms with Gasteiger partial charge in [0.2, 0.25) is 0 Å². The number of amides is 1. The van der Waals surface area contributed by atoms with Crippen molar-refractivity contribution in [2.75, 3.05) is 19.8 Å². The molecule has 1 saturated heterocycles. The lowest BCUT2D eigenvalue weighted by Gasteiger charge is -2.44. The van der Waals surface area contributed by atoms with E-state index in [4.69, 9.17) is 14.0 Å². The minimum atomic E-state index is -0.267. The molecule has 0 spiro atoms. The van der Waals surface area contributed by atoms with Crippen molar-refractivity contribution in [1.29, 1.82) is 0 Å². The Labute approximate surface area is 215 Å². The van der Waals surface area contributed by atoms with Crippen LogP contribution >= 0.6 is 0 Å². The lowest BCUT2D eigenvalue weighted by Crippen LogP contribution is -2.56. The molecule has 37 heavy (non-hydrogen) atoms. The van der Waals surface area contributed by atoms with Crippen LogP contribution in [0.4, 0.5) is 4.79 Å². The second kappa shape index (κ2) is 9.05. The van der Waals surface area contributed by atoms with E-state index in [0.717, 1.165) is 23.3 Å². The van der Waals surface area contributed by atoms with E-state index < -0.39 is 0 Å². The quantitative estimate of drug-likeness (QED) is 0.343. The van der Waals surface area contributed by atoms with Crippen molar-refractivity contribution in [2.24, 2.45) is 0 Å². The van der Waals surface area contributed by atoms with E-state index in [1.54, 1.807) is 6.20 Å². The highest BCUT2D eigenvalue weighted by Crippen LogP contribution is 2.44. The van der Waals surface area contributed by atoms with E-state index in [-0.39, 0.29) is 24.1 Å². The van der Waals surface area contributed by atoms with E-state index in [0.29, 0.717) is 19.8 Å². The van der Waals surface area contributed by atoms with Crippen LogP contribution in [-0.4, -0.2) is 48.1 Å². The van der Waals surface area contributed by atoms with Crippen LogP contribution in [0, 0.1) is 0 Å². The minimum absolute atomic E-state index is 0.0474. The molecule has 1 amide bonds. The van der Waals surface area contributed by atoms with Crippen molar-refractivity contribution in [1.82, 2.24) is 10.1 Å². The van der Waals surface area contributed by atoms with Gasteiger partial charge < -0.3 is 14.0 Å². The first-order valence-electron chi connectivity index (χ1n) is 12.7. The Morgan fingerprint density at radius 3 is 2.27 bits per heavy atom. The van der Waals surface area contributed by atoms with Gasteiger partial charge in [0.1, 0.15) is 6.61 Å². The SMILES string of the molecule is O=C(OCC1c2ccccc2-c2ccccc21)N1C2C=C(c3ccc(-c4ccno4)cc3)CC1COC2. The Bertz CT molecular complexity index is 1430. The predicted octanol–water partition coefficient (Wildman–Crippen LogP) is 6.15. The monoisotopic (exact) mass is 490 g/mol. The standard InChI is InChI=1S/C31H26N2O4/c34-31(36-19-29-27-7-3-1-5-25(27)26-6-2-4-8-28(26)29)33-23-15-22(16-24(33)18-35-17-23)20-9-11-21(12-10-20)30-13-14-32-37-30/h1-15,23-24,29H,16-19H2. The Hall–Kier alpha value is -4.16. The van der Waals surface area contributed by atoms with Gasteiger partial charge in [-0.2, -0.15) is 0 Å². The number of benzene rings is 3. The fourth-order valence-electron chi connectivity index (χ4n) is 5.98. The topological polar surface area (TPSA) is 64.8 Å². The highest BCUT2D eigenvalue weighted by atomic mass is 16.6. The van der Waals surface area contributed by atoms with Crippen molar-refractivity contribution in [2.45, 2.75) is 24.4 Å². The Morgan fingerprint density at radius 1 is 0.892 bits per heavy atom. The van der Waals surface area contributed by atoms with Gasteiger partial charge in [0.15, 0.2) is 5.76 Å². The van der Waals surface area contributed by atoms with Crippen molar-refractivity contribution >= 4 is 11.7 Å². The number of nitrogens with zero attached hydrogens (tertiary/aromatic N) is 2. The Kier molecular flexibility index (Phi) is 5.40. The molecule has 4 aromatic rings. The third-order valence-corrected chi connectivity index (χ3v) is 7.72. The molecule has 6 heteroatoms. The lowest BCUT2D eigenvalue weighted by molar-refractivity contribution is -0.0331. The number of hydrogen-bond donors (Lipinski definition) is 0. The highest BCUT2D eigenvalue weighted by Gasteiger charge is 2.40. The number of carbonyl (C=O) groups is 1. The molecule has 0 saturated carbocycles. The number of ether oxygens (including phenoxy) is 2. The second-order valence-electron chi connectivity index (χ2n) is 9.82. The summed E-state index contributed by atoms with van der Waals surface area (Å²) in [5.74, 6) is 0.794. The third kappa shape index (κ3) is 3.85. The molecule has 2 bridgehead atoms. The van der Waals surface area contributed by atoms with Gasteiger partial charge in [0.25, 0.3) is 0 Å². The Morgan fingerprint density at radius 2 is 1.59 bits per heavy atom. The summed E-state index contributed by atoms with van der Waals surface area (Å²) in [6.45, 7) is 1.30. The maximum atomic E-state index is 13.4. The van der Waals surface area contributed by atoms with Crippen LogP contribution in [0.1, 0.15) is 29.0 Å². The highest BCUT2D eigenvalue weighted by molar-refractivity contribution is 5.79. The van der Waals surface area contributed by atoms with E-state index >= 15 is 0 Å². The molecular weight excluding hydrogens is 464 g/mol. The number of carbonyl (C=O) groups excluding carboxylic acids is 1. The zero-order valence-electron chi connectivity index (χ0n) is 20.2. The molecule has 7 rings (SSSR count). The summed E-state index contributed by atoms with van der Waals surface area (Å²) < 4.78 is 17.1. The van der Waals surface area contributed by atoms with Gasteiger partial charge in [-0.05, 0) is 39.8 Å². The number of rotatable bonds is 4. The fourth-order valence-corrected chi connectivity index (χ4v) is 5.98. The summed E-state index contributed by atoms with van der Waals surface area (Å²) >= 11 is 0. The largest absolute Gasteiger partial charge is 0.448 e. The minimum Gasteiger partial charge on any atom is -0.448 e. The van der Waals surface area contributed by atoms with Crippen LogP contribution in [0.25, 0.3) is 28.0 Å². The van der Waals surface area contributed by atoms with Gasteiger partial charge in [-0.25, -0.2) is 4.79 Å². The van der Waals surface area contributed by atoms with Gasteiger partial charge in [-0.15, -0.1) is 0 Å². The fraction of sp³-hybridized carbons (Fsp3) is 0.226. The summed E-state index contributed by atoms with van der Waals surface area (Å²) in [5, 5.41) is 3.79. The molecular formula is C31H26N2O4. The van der Waals surface area contributed by atoms with Gasteiger partial charge in [-0.1, -0.05) is 84.0 Å². The number of fused-ring (bicyclic) bond motifs is 5. The first-order chi connectivity index (χ1) is 18.3. The molecule has 3 aliphatic rings. The number of aromatic nitrogens is 1. The maximum Gasteiger partial charge on any atom is 0.410 e. The molecule has 2 atom stereocenters. The first-order valence-corrected chi connectivity index (χ1v) is 12.7. The van der Waals surface area contributed by atoms with Gasteiger partial charge >= 0.3 is 6.09 Å². The molecule has 3 aromatic carbocycles. The smallest absolute Gasteiger partial charge is 0.410 e. The van der Waals surface area contributed by atoms with E-state index in [9.17, 15) is 4.79 Å². The first kappa shape index (κ1) is 22.1. The molecule has 0 N–H and O–H groups in total. The third-order valence-electron chi connectivity index (χ3n) is 7.72. The van der Waals surface area contributed by atoms with Crippen molar-refractivity contribution < 1.29 is 18.8 Å². The van der Waals surface area contributed by atoms with Crippen molar-refractivity contribution in [3.63, 3.8) is 0 Å². The molecule has 1 aromatic heterocycles. The van der Waals surface area contributed by atoms with E-state index in [1.165, 1.54) is 27.8 Å². The maximum absolute atomic E-state index is 13.4. The molecule has 3 heterocycles. The zero-order valence-corrected chi connectivity index (χ0v) is 20.2. The van der Waals surface area contributed by atoms with Crippen LogP contribution in [0.2, 0.25) is 0 Å². The van der Waals surface area contributed by atoms with Crippen molar-refractivity contribution in [3.05, 3.63) is 108 Å². The van der Waals surface area contributed by atoms with Crippen LogP contribution < -0.4 is 0 Å². The molecule has 2 unspecified atom stereocenters. The molecule has 6 nitrogen and oxygen atoms in total. The molecule has 2 aliphatic heterocycles. The van der Waals surface area contributed by atoms with Crippen LogP contribution in [0.3, 0.4) is 0 Å². The summed E-state index contributed by atoms with van der Waals surface area (Å²) in [6.07, 6.45) is 4.26. The second-order valence-corrected chi connectivity index (χ2v) is 9.82. The van der Waals surface area contributed by atoms with Crippen LogP contribution in [-0.2, 0) is 9.47 Å². The summed E-state index contributed by atoms with van der Waals surface area (Å²) in [5.41, 5.74) is 8.25.